The smallest absolute Gasteiger partial charge is 0.274 e. The van der Waals surface area contributed by atoms with Crippen LogP contribution in [-0.4, -0.2) is 25.3 Å². The van der Waals surface area contributed by atoms with Crippen LogP contribution in [0.15, 0.2) is 89.5 Å². The summed E-state index contributed by atoms with van der Waals surface area (Å²) in [5.41, 5.74) is 1.97. The summed E-state index contributed by atoms with van der Waals surface area (Å²) in [4.78, 5) is 13.2. The lowest BCUT2D eigenvalue weighted by Gasteiger charge is -2.32. The summed E-state index contributed by atoms with van der Waals surface area (Å²) in [6.45, 7) is 1.97. The fraction of sp³-hybridized carbons (Fsp3) is 0.154. The van der Waals surface area contributed by atoms with Crippen molar-refractivity contribution in [2.24, 2.45) is 0 Å². The molecule has 4 rings (SSSR count). The topological polar surface area (TPSA) is 73.6 Å². The van der Waals surface area contributed by atoms with Crippen LogP contribution >= 0.6 is 0 Å². The molecule has 0 saturated carbocycles. The van der Waals surface area contributed by atoms with Crippen LogP contribution in [0.5, 0.6) is 11.5 Å². The largest absolute Gasteiger partial charge is 0.497 e. The Morgan fingerprint density at radius 2 is 1.50 bits per heavy atom. The van der Waals surface area contributed by atoms with Gasteiger partial charge in [-0.25, -0.2) is 0 Å². The van der Waals surface area contributed by atoms with Crippen molar-refractivity contribution in [3.63, 3.8) is 0 Å². The van der Waals surface area contributed by atoms with E-state index in [-0.39, 0.29) is 11.6 Å². The van der Waals surface area contributed by atoms with Crippen LogP contribution in [0.4, 0.5) is 0 Å². The lowest BCUT2D eigenvalue weighted by Crippen LogP contribution is -2.44. The molecule has 0 unspecified atom stereocenters. The summed E-state index contributed by atoms with van der Waals surface area (Å²) in [5.74, 6) is 1.29. The average molecular weight is 428 g/mol. The van der Waals surface area contributed by atoms with Gasteiger partial charge in [0, 0.05) is 6.07 Å². The first-order valence-corrected chi connectivity index (χ1v) is 10.2. The molecule has 1 heterocycles. The highest BCUT2D eigenvalue weighted by Crippen LogP contribution is 2.34. The molecule has 0 radical (unpaired) electrons. The lowest BCUT2D eigenvalue weighted by atomic mass is 9.84. The summed E-state index contributed by atoms with van der Waals surface area (Å²) < 4.78 is 16.2. The number of nitrogens with one attached hydrogen (secondary N) is 1. The third-order valence-electron chi connectivity index (χ3n) is 5.48. The SMILES string of the molecule is COc1ccc(OC)c(-c2cc(C(=O)NC(C)(c3ccccc3)c3ccccc3)no2)c1. The van der Waals surface area contributed by atoms with Gasteiger partial charge in [0.15, 0.2) is 11.5 Å². The van der Waals surface area contributed by atoms with Gasteiger partial charge in [-0.1, -0.05) is 65.8 Å². The first-order valence-electron chi connectivity index (χ1n) is 10.2. The molecule has 0 atom stereocenters. The van der Waals surface area contributed by atoms with Gasteiger partial charge in [-0.05, 0) is 36.2 Å². The Morgan fingerprint density at radius 1 is 0.875 bits per heavy atom. The lowest BCUT2D eigenvalue weighted by molar-refractivity contribution is 0.0910. The molecule has 1 aromatic heterocycles. The van der Waals surface area contributed by atoms with Crippen molar-refractivity contribution >= 4 is 5.91 Å². The Labute approximate surface area is 186 Å². The number of hydrogen-bond acceptors (Lipinski definition) is 5. The average Bonchev–Trinajstić information content (AvgIpc) is 3.35. The summed E-state index contributed by atoms with van der Waals surface area (Å²) in [7, 11) is 3.15. The molecule has 32 heavy (non-hydrogen) atoms. The predicted molar refractivity (Wildman–Crippen MR) is 122 cm³/mol. The molecular formula is C26H24N2O4. The highest BCUT2D eigenvalue weighted by atomic mass is 16.5. The van der Waals surface area contributed by atoms with Crippen molar-refractivity contribution in [2.45, 2.75) is 12.5 Å². The molecule has 4 aromatic rings. The van der Waals surface area contributed by atoms with Crippen LogP contribution in [0.2, 0.25) is 0 Å². The number of aromatic nitrogens is 1. The van der Waals surface area contributed by atoms with Crippen LogP contribution in [0.25, 0.3) is 11.3 Å². The molecule has 0 fully saturated rings. The number of carbonyl (C=O) groups excluding carboxylic acids is 1. The highest BCUT2D eigenvalue weighted by molar-refractivity contribution is 5.94. The zero-order valence-electron chi connectivity index (χ0n) is 18.2. The third kappa shape index (κ3) is 4.07. The van der Waals surface area contributed by atoms with Gasteiger partial charge >= 0.3 is 0 Å². The van der Waals surface area contributed by atoms with Crippen molar-refractivity contribution in [3.05, 3.63) is 102 Å². The molecule has 6 nitrogen and oxygen atoms in total. The van der Waals surface area contributed by atoms with E-state index < -0.39 is 5.54 Å². The minimum absolute atomic E-state index is 0.169. The fourth-order valence-electron chi connectivity index (χ4n) is 3.66. The van der Waals surface area contributed by atoms with Crippen LogP contribution in [-0.2, 0) is 5.54 Å². The van der Waals surface area contributed by atoms with E-state index in [1.807, 2.05) is 67.6 Å². The van der Waals surface area contributed by atoms with E-state index in [1.165, 1.54) is 0 Å². The molecule has 0 saturated heterocycles. The van der Waals surface area contributed by atoms with E-state index in [2.05, 4.69) is 10.5 Å². The first-order chi connectivity index (χ1) is 15.5. The standard InChI is InChI=1S/C26H24N2O4/c1-26(18-10-6-4-7-11-18,19-12-8-5-9-13-19)27-25(29)22-17-24(32-28-22)21-16-20(30-2)14-15-23(21)31-3/h4-17H,1-3H3,(H,27,29). The van der Waals surface area contributed by atoms with E-state index in [4.69, 9.17) is 14.0 Å². The summed E-state index contributed by atoms with van der Waals surface area (Å²) in [5, 5.41) is 7.15. The minimum Gasteiger partial charge on any atom is -0.497 e. The van der Waals surface area contributed by atoms with E-state index in [9.17, 15) is 4.79 Å². The highest BCUT2D eigenvalue weighted by Gasteiger charge is 2.32. The van der Waals surface area contributed by atoms with Gasteiger partial charge in [0.1, 0.15) is 11.5 Å². The van der Waals surface area contributed by atoms with Gasteiger partial charge in [0.2, 0.25) is 0 Å². The van der Waals surface area contributed by atoms with Crippen LogP contribution < -0.4 is 14.8 Å². The number of ether oxygens (including phenoxy) is 2. The number of amides is 1. The van der Waals surface area contributed by atoms with Gasteiger partial charge in [-0.15, -0.1) is 0 Å². The molecule has 1 N–H and O–H groups in total. The van der Waals surface area contributed by atoms with Crippen LogP contribution in [0.1, 0.15) is 28.5 Å². The number of rotatable bonds is 7. The van der Waals surface area contributed by atoms with Crippen molar-refractivity contribution in [1.82, 2.24) is 10.5 Å². The second-order valence-electron chi connectivity index (χ2n) is 7.45. The van der Waals surface area contributed by atoms with Gasteiger partial charge in [0.05, 0.1) is 25.3 Å². The molecule has 0 bridgehead atoms. The van der Waals surface area contributed by atoms with Gasteiger partial charge in [-0.3, -0.25) is 4.79 Å². The predicted octanol–water partition coefficient (Wildman–Crippen LogP) is 5.05. The quantitative estimate of drug-likeness (QED) is 0.446. The van der Waals surface area contributed by atoms with E-state index in [0.717, 1.165) is 11.1 Å². The Kier molecular flexibility index (Phi) is 5.94. The molecule has 0 aliphatic heterocycles. The number of nitrogens with zero attached hydrogens (tertiary/aromatic N) is 1. The number of carbonyl (C=O) groups is 1. The maximum absolute atomic E-state index is 13.2. The van der Waals surface area contributed by atoms with Gasteiger partial charge in [0.25, 0.3) is 5.91 Å². The van der Waals surface area contributed by atoms with E-state index >= 15 is 0 Å². The van der Waals surface area contributed by atoms with Crippen molar-refractivity contribution < 1.29 is 18.8 Å². The number of benzene rings is 3. The molecule has 162 valence electrons. The minimum atomic E-state index is -0.758. The molecule has 0 aliphatic carbocycles. The molecule has 6 heteroatoms. The maximum atomic E-state index is 13.2. The number of methoxy groups -OCH3 is 2. The molecule has 0 aliphatic rings. The first kappa shape index (κ1) is 21.2. The zero-order valence-corrected chi connectivity index (χ0v) is 18.2. The Bertz CT molecular complexity index is 1160. The second-order valence-corrected chi connectivity index (χ2v) is 7.45. The summed E-state index contributed by atoms with van der Waals surface area (Å²) >= 11 is 0. The molecule has 0 spiro atoms. The fourth-order valence-corrected chi connectivity index (χ4v) is 3.66. The second kappa shape index (κ2) is 8.98. The van der Waals surface area contributed by atoms with Crippen LogP contribution in [0.3, 0.4) is 0 Å². The summed E-state index contributed by atoms with van der Waals surface area (Å²) in [6.07, 6.45) is 0. The van der Waals surface area contributed by atoms with Crippen LogP contribution in [0, 0.1) is 0 Å². The van der Waals surface area contributed by atoms with Crippen molar-refractivity contribution in [2.75, 3.05) is 14.2 Å². The van der Waals surface area contributed by atoms with E-state index in [1.54, 1.807) is 38.5 Å². The Balaban J connectivity index is 1.67. The maximum Gasteiger partial charge on any atom is 0.274 e. The third-order valence-corrected chi connectivity index (χ3v) is 5.48. The molecular weight excluding hydrogens is 404 g/mol. The Morgan fingerprint density at radius 3 is 2.06 bits per heavy atom. The normalized spacial score (nSPS) is 11.1. The Hall–Kier alpha value is -4.06. The molecule has 1 amide bonds. The van der Waals surface area contributed by atoms with Gasteiger partial charge in [-0.2, -0.15) is 0 Å². The number of hydrogen-bond donors (Lipinski definition) is 1. The van der Waals surface area contributed by atoms with E-state index in [0.29, 0.717) is 22.8 Å². The zero-order chi connectivity index (χ0) is 22.6. The monoisotopic (exact) mass is 428 g/mol. The van der Waals surface area contributed by atoms with Crippen molar-refractivity contribution in [3.8, 4) is 22.8 Å². The molecule has 3 aromatic carbocycles. The van der Waals surface area contributed by atoms with Crippen molar-refractivity contribution in [1.29, 1.82) is 0 Å². The van der Waals surface area contributed by atoms with Gasteiger partial charge < -0.3 is 19.3 Å². The summed E-state index contributed by atoms with van der Waals surface area (Å²) in [6, 6.07) is 26.6.